The molecule has 0 saturated carbocycles. The highest BCUT2D eigenvalue weighted by Crippen LogP contribution is 2.28. The summed E-state index contributed by atoms with van der Waals surface area (Å²) in [6, 6.07) is 0. The summed E-state index contributed by atoms with van der Waals surface area (Å²) in [7, 11) is 1.97. The van der Waals surface area contributed by atoms with E-state index in [9.17, 15) is 0 Å². The van der Waals surface area contributed by atoms with Crippen molar-refractivity contribution in [3.05, 3.63) is 17.5 Å². The molecule has 1 heterocycles. The lowest BCUT2D eigenvalue weighted by Gasteiger charge is -2.11. The van der Waals surface area contributed by atoms with E-state index in [4.69, 9.17) is 0 Å². The normalized spacial score (nSPS) is 14.2. The van der Waals surface area contributed by atoms with Crippen molar-refractivity contribution in [2.75, 3.05) is 7.05 Å². The molecule has 0 bridgehead atoms. The maximum absolute atomic E-state index is 3.35. The van der Waals surface area contributed by atoms with Gasteiger partial charge in [-0.15, -0.1) is 0 Å². The average molecular weight is 212 g/mol. The minimum atomic E-state index is 1.24. The Balaban J connectivity index is 0.000000461. The summed E-state index contributed by atoms with van der Waals surface area (Å²) in [6.07, 6.45) is 7.30. The van der Waals surface area contributed by atoms with Crippen LogP contribution in [-0.2, 0) is 12.8 Å². The molecule has 0 aliphatic heterocycles. The lowest BCUT2D eigenvalue weighted by atomic mass is 9.98. The Morgan fingerprint density at radius 3 is 2.71 bits per heavy atom. The van der Waals surface area contributed by atoms with E-state index in [1.165, 1.54) is 36.3 Å². The molecular formula is C11H20N2S. The number of H-pyrrole nitrogens is 1. The van der Waals surface area contributed by atoms with Gasteiger partial charge in [0.15, 0.2) is 0 Å². The van der Waals surface area contributed by atoms with Crippen molar-refractivity contribution in [1.29, 1.82) is 0 Å². The highest BCUT2D eigenvalue weighted by atomic mass is 32.2. The van der Waals surface area contributed by atoms with Crippen LogP contribution in [0.15, 0.2) is 11.1 Å². The quantitative estimate of drug-likeness (QED) is 0.737. The Morgan fingerprint density at radius 1 is 1.29 bits per heavy atom. The van der Waals surface area contributed by atoms with Crippen LogP contribution < -0.4 is 4.72 Å². The second-order valence-electron chi connectivity index (χ2n) is 3.12. The third kappa shape index (κ3) is 2.55. The highest BCUT2D eigenvalue weighted by molar-refractivity contribution is 7.97. The maximum atomic E-state index is 3.35. The van der Waals surface area contributed by atoms with E-state index >= 15 is 0 Å². The molecule has 2 rings (SSSR count). The van der Waals surface area contributed by atoms with Crippen molar-refractivity contribution in [2.45, 2.75) is 44.4 Å². The van der Waals surface area contributed by atoms with Gasteiger partial charge in [-0.3, -0.25) is 4.72 Å². The molecule has 2 N–H and O–H groups in total. The van der Waals surface area contributed by atoms with Gasteiger partial charge in [0, 0.05) is 16.8 Å². The minimum Gasteiger partial charge on any atom is -0.364 e. The molecule has 0 amide bonds. The van der Waals surface area contributed by atoms with Crippen molar-refractivity contribution in [1.82, 2.24) is 9.71 Å². The molecule has 1 aromatic rings. The van der Waals surface area contributed by atoms with Gasteiger partial charge in [0.2, 0.25) is 0 Å². The van der Waals surface area contributed by atoms with Crippen LogP contribution in [0.4, 0.5) is 0 Å². The molecule has 0 unspecified atom stereocenters. The van der Waals surface area contributed by atoms with Crippen LogP contribution >= 0.6 is 11.9 Å². The molecule has 1 aliphatic carbocycles. The summed E-state index contributed by atoms with van der Waals surface area (Å²) in [5, 5.41) is 0. The lowest BCUT2D eigenvalue weighted by molar-refractivity contribution is 0.671. The Labute approximate surface area is 91.0 Å². The number of aromatic amines is 1. The van der Waals surface area contributed by atoms with Gasteiger partial charge in [-0.25, -0.2) is 0 Å². The summed E-state index contributed by atoms with van der Waals surface area (Å²) in [5.41, 5.74) is 3.00. The monoisotopic (exact) mass is 212 g/mol. The van der Waals surface area contributed by atoms with E-state index in [-0.39, 0.29) is 0 Å². The Bertz CT molecular complexity index is 268. The molecule has 0 saturated heterocycles. The van der Waals surface area contributed by atoms with Crippen molar-refractivity contribution >= 4 is 11.9 Å². The van der Waals surface area contributed by atoms with Crippen LogP contribution in [0.2, 0.25) is 0 Å². The average Bonchev–Trinajstić information content (AvgIpc) is 2.66. The second kappa shape index (κ2) is 6.14. The summed E-state index contributed by atoms with van der Waals surface area (Å²) in [5.74, 6) is 0. The van der Waals surface area contributed by atoms with Gasteiger partial charge in [0.25, 0.3) is 0 Å². The number of nitrogens with one attached hydrogen (secondary N) is 2. The molecule has 1 aliphatic rings. The number of aromatic nitrogens is 1. The highest BCUT2D eigenvalue weighted by Gasteiger charge is 2.14. The van der Waals surface area contributed by atoms with Gasteiger partial charge in [0.05, 0.1) is 0 Å². The van der Waals surface area contributed by atoms with E-state index in [1.54, 1.807) is 17.5 Å². The van der Waals surface area contributed by atoms with Crippen LogP contribution in [0.25, 0.3) is 0 Å². The van der Waals surface area contributed by atoms with E-state index < -0.39 is 0 Å². The van der Waals surface area contributed by atoms with E-state index in [1.807, 2.05) is 20.9 Å². The molecule has 14 heavy (non-hydrogen) atoms. The molecular weight excluding hydrogens is 192 g/mol. The zero-order valence-electron chi connectivity index (χ0n) is 9.31. The van der Waals surface area contributed by atoms with Crippen LogP contribution in [0, 0.1) is 0 Å². The van der Waals surface area contributed by atoms with Gasteiger partial charge in [-0.05, 0) is 50.2 Å². The van der Waals surface area contributed by atoms with Crippen LogP contribution in [-0.4, -0.2) is 12.0 Å². The van der Waals surface area contributed by atoms with Crippen LogP contribution in [0.1, 0.15) is 37.9 Å². The first kappa shape index (κ1) is 11.7. The van der Waals surface area contributed by atoms with Gasteiger partial charge in [-0.2, -0.15) is 0 Å². The topological polar surface area (TPSA) is 27.8 Å². The standard InChI is InChI=1S/C9H14N2S.C2H6/c1-10-12-9-6-11-8-5-3-2-4-7(8)9;1-2/h6,10-11H,2-5H2,1H3;1-2H3. The second-order valence-corrected chi connectivity index (χ2v) is 4.18. The number of aryl methyl sites for hydroxylation is 1. The molecule has 0 fully saturated rings. The predicted molar refractivity (Wildman–Crippen MR) is 63.7 cm³/mol. The molecule has 3 heteroatoms. The van der Waals surface area contributed by atoms with E-state index in [2.05, 4.69) is 15.9 Å². The third-order valence-electron chi connectivity index (χ3n) is 2.35. The smallest absolute Gasteiger partial charge is 0.0437 e. The van der Waals surface area contributed by atoms with Crippen molar-refractivity contribution in [3.63, 3.8) is 0 Å². The summed E-state index contributed by atoms with van der Waals surface area (Å²) in [6.45, 7) is 4.00. The van der Waals surface area contributed by atoms with Crippen molar-refractivity contribution < 1.29 is 0 Å². The number of hydrogen-bond donors (Lipinski definition) is 2. The Morgan fingerprint density at radius 2 is 2.00 bits per heavy atom. The fourth-order valence-corrected chi connectivity index (χ4v) is 2.46. The molecule has 1 aromatic heterocycles. The lowest BCUT2D eigenvalue weighted by Crippen LogP contribution is -2.01. The largest absolute Gasteiger partial charge is 0.364 e. The SMILES string of the molecule is CC.CNSc1c[nH]c2c1CCCC2. The molecule has 0 spiro atoms. The molecule has 2 nitrogen and oxygen atoms in total. The van der Waals surface area contributed by atoms with Crippen LogP contribution in [0.5, 0.6) is 0 Å². The van der Waals surface area contributed by atoms with Gasteiger partial charge >= 0.3 is 0 Å². The zero-order chi connectivity index (χ0) is 10.4. The van der Waals surface area contributed by atoms with E-state index in [0.717, 1.165) is 0 Å². The number of rotatable bonds is 2. The number of fused-ring (bicyclic) bond motifs is 1. The first-order valence-electron chi connectivity index (χ1n) is 5.44. The zero-order valence-corrected chi connectivity index (χ0v) is 10.1. The fraction of sp³-hybridized carbons (Fsp3) is 0.636. The van der Waals surface area contributed by atoms with Gasteiger partial charge in [-0.1, -0.05) is 13.8 Å². The van der Waals surface area contributed by atoms with Crippen molar-refractivity contribution in [3.8, 4) is 0 Å². The summed E-state index contributed by atoms with van der Waals surface area (Å²) in [4.78, 5) is 4.73. The first-order chi connectivity index (χ1) is 6.92. The van der Waals surface area contributed by atoms with Gasteiger partial charge < -0.3 is 4.98 Å². The minimum absolute atomic E-state index is 1.24. The van der Waals surface area contributed by atoms with Crippen LogP contribution in [0.3, 0.4) is 0 Å². The third-order valence-corrected chi connectivity index (χ3v) is 3.14. The molecule has 0 atom stereocenters. The molecule has 0 aromatic carbocycles. The first-order valence-corrected chi connectivity index (χ1v) is 6.26. The number of hydrogen-bond acceptors (Lipinski definition) is 2. The fourth-order valence-electron chi connectivity index (χ4n) is 1.78. The van der Waals surface area contributed by atoms with Gasteiger partial charge in [0.1, 0.15) is 0 Å². The molecule has 0 radical (unpaired) electrons. The predicted octanol–water partition coefficient (Wildman–Crippen LogP) is 3.15. The Kier molecular flexibility index (Phi) is 5.12. The Hall–Kier alpha value is -0.410. The van der Waals surface area contributed by atoms with E-state index in [0.29, 0.717) is 0 Å². The maximum Gasteiger partial charge on any atom is 0.0437 e. The van der Waals surface area contributed by atoms with Crippen molar-refractivity contribution in [2.24, 2.45) is 0 Å². The summed E-state index contributed by atoms with van der Waals surface area (Å²) < 4.78 is 3.12. The summed E-state index contributed by atoms with van der Waals surface area (Å²) >= 11 is 1.72. The molecule has 80 valence electrons.